The van der Waals surface area contributed by atoms with Crippen molar-refractivity contribution < 1.29 is 0 Å². The van der Waals surface area contributed by atoms with Gasteiger partial charge in [-0.2, -0.15) is 4.98 Å². The first-order valence-electron chi connectivity index (χ1n) is 9.18. The smallest absolute Gasteiger partial charge is 0.351 e. The van der Waals surface area contributed by atoms with Crippen molar-refractivity contribution in [3.05, 3.63) is 50.8 Å². The van der Waals surface area contributed by atoms with Crippen molar-refractivity contribution in [2.75, 3.05) is 11.4 Å². The summed E-state index contributed by atoms with van der Waals surface area (Å²) >= 11 is 0. The van der Waals surface area contributed by atoms with E-state index in [-0.39, 0.29) is 5.69 Å². The molecule has 0 bridgehead atoms. The Bertz CT molecular complexity index is 1090. The minimum Gasteiger partial charge on any atom is -0.351 e. The molecule has 1 aliphatic heterocycles. The van der Waals surface area contributed by atoms with Crippen LogP contribution in [0.2, 0.25) is 0 Å². The average molecular weight is 350 g/mol. The van der Waals surface area contributed by atoms with Gasteiger partial charge in [-0.1, -0.05) is 6.07 Å². The molecule has 1 aliphatic carbocycles. The molecule has 1 fully saturated rings. The molecule has 0 amide bonds. The van der Waals surface area contributed by atoms with Gasteiger partial charge in [-0.3, -0.25) is 4.98 Å². The molecule has 0 N–H and O–H groups in total. The van der Waals surface area contributed by atoms with Crippen LogP contribution in [0.15, 0.2) is 17.1 Å². The molecular weight excluding hydrogens is 328 g/mol. The quantitative estimate of drug-likeness (QED) is 0.706. The van der Waals surface area contributed by atoms with E-state index in [0.717, 1.165) is 36.6 Å². The fourth-order valence-corrected chi connectivity index (χ4v) is 3.90. The lowest BCUT2D eigenvalue weighted by molar-refractivity contribution is 0.695. The Labute approximate surface area is 151 Å². The number of hydrogen-bond acceptors (Lipinski definition) is 5. The van der Waals surface area contributed by atoms with Gasteiger partial charge in [0.25, 0.3) is 5.78 Å². The van der Waals surface area contributed by atoms with E-state index >= 15 is 0 Å². The Kier molecular flexibility index (Phi) is 3.23. The second kappa shape index (κ2) is 5.40. The van der Waals surface area contributed by atoms with Crippen molar-refractivity contribution in [3.8, 4) is 0 Å². The zero-order valence-corrected chi connectivity index (χ0v) is 15.4. The van der Waals surface area contributed by atoms with Crippen LogP contribution in [0.4, 0.5) is 5.82 Å². The minimum atomic E-state index is -0.151. The van der Waals surface area contributed by atoms with Gasteiger partial charge in [0.15, 0.2) is 0 Å². The molecule has 0 radical (unpaired) electrons. The third kappa shape index (κ3) is 2.26. The standard InChI is InChI=1S/C19H22N6O/c1-11-12(2)25-18(22-23(3)19(25)26)21-17(11)24-7-6-16-15(10-24)8-14(9-20-16)13-4-5-13/h8-9,13H,4-7,10H2,1-3H3. The fourth-order valence-electron chi connectivity index (χ4n) is 3.90. The van der Waals surface area contributed by atoms with Gasteiger partial charge in [-0.15, -0.1) is 5.10 Å². The highest BCUT2D eigenvalue weighted by atomic mass is 16.2. The Balaban J connectivity index is 1.57. The summed E-state index contributed by atoms with van der Waals surface area (Å²) in [7, 11) is 1.66. The summed E-state index contributed by atoms with van der Waals surface area (Å²) in [6, 6.07) is 2.33. The van der Waals surface area contributed by atoms with E-state index in [1.807, 2.05) is 13.8 Å². The Hall–Kier alpha value is -2.70. The Morgan fingerprint density at radius 3 is 2.81 bits per heavy atom. The maximum Gasteiger partial charge on any atom is 0.351 e. The van der Waals surface area contributed by atoms with Gasteiger partial charge in [-0.05, 0) is 43.7 Å². The van der Waals surface area contributed by atoms with Gasteiger partial charge in [0.1, 0.15) is 5.82 Å². The third-order valence-corrected chi connectivity index (χ3v) is 5.74. The number of rotatable bonds is 2. The first kappa shape index (κ1) is 15.5. The van der Waals surface area contributed by atoms with E-state index in [4.69, 9.17) is 9.97 Å². The lowest BCUT2D eigenvalue weighted by atomic mass is 10.0. The molecule has 3 aromatic heterocycles. The summed E-state index contributed by atoms with van der Waals surface area (Å²) in [5.74, 6) is 2.09. The number of anilines is 1. The molecule has 0 atom stereocenters. The van der Waals surface area contributed by atoms with E-state index in [0.29, 0.717) is 11.7 Å². The van der Waals surface area contributed by atoms with E-state index < -0.39 is 0 Å². The first-order valence-corrected chi connectivity index (χ1v) is 9.18. The summed E-state index contributed by atoms with van der Waals surface area (Å²) in [4.78, 5) is 24.0. The van der Waals surface area contributed by atoms with Gasteiger partial charge in [0.05, 0.1) is 0 Å². The van der Waals surface area contributed by atoms with Crippen LogP contribution in [0.3, 0.4) is 0 Å². The lowest BCUT2D eigenvalue weighted by Gasteiger charge is -2.31. The molecule has 0 saturated heterocycles. The number of aromatic nitrogens is 5. The summed E-state index contributed by atoms with van der Waals surface area (Å²) in [5, 5.41) is 4.28. The largest absolute Gasteiger partial charge is 0.351 e. The second-order valence-corrected chi connectivity index (χ2v) is 7.51. The van der Waals surface area contributed by atoms with E-state index in [9.17, 15) is 4.79 Å². The average Bonchev–Trinajstić information content (AvgIpc) is 3.44. The fraction of sp³-hybridized carbons (Fsp3) is 0.474. The van der Waals surface area contributed by atoms with E-state index in [1.165, 1.54) is 34.3 Å². The minimum absolute atomic E-state index is 0.151. The number of nitrogens with zero attached hydrogens (tertiary/aromatic N) is 6. The van der Waals surface area contributed by atoms with Crippen LogP contribution in [0.1, 0.15) is 46.8 Å². The number of hydrogen-bond donors (Lipinski definition) is 0. The summed E-state index contributed by atoms with van der Waals surface area (Å²) in [5.41, 5.74) is 5.66. The highest BCUT2D eigenvalue weighted by molar-refractivity contribution is 5.55. The van der Waals surface area contributed by atoms with Gasteiger partial charge in [0, 0.05) is 49.7 Å². The Morgan fingerprint density at radius 1 is 1.23 bits per heavy atom. The molecule has 1 saturated carbocycles. The summed E-state index contributed by atoms with van der Waals surface area (Å²) < 4.78 is 2.93. The Morgan fingerprint density at radius 2 is 2.04 bits per heavy atom. The molecule has 7 nitrogen and oxygen atoms in total. The molecule has 2 aliphatic rings. The third-order valence-electron chi connectivity index (χ3n) is 5.74. The normalized spacial score (nSPS) is 17.0. The van der Waals surface area contributed by atoms with Crippen LogP contribution in [-0.2, 0) is 20.0 Å². The predicted molar refractivity (Wildman–Crippen MR) is 98.7 cm³/mol. The van der Waals surface area contributed by atoms with Crippen LogP contribution in [0, 0.1) is 13.8 Å². The molecular formula is C19H22N6O. The van der Waals surface area contributed by atoms with Crippen molar-refractivity contribution in [2.45, 2.75) is 45.6 Å². The van der Waals surface area contributed by atoms with Crippen LogP contribution in [-0.4, -0.2) is 30.7 Å². The van der Waals surface area contributed by atoms with Crippen molar-refractivity contribution in [1.82, 2.24) is 24.1 Å². The van der Waals surface area contributed by atoms with Crippen LogP contribution in [0.5, 0.6) is 0 Å². The summed E-state index contributed by atoms with van der Waals surface area (Å²) in [6.45, 7) is 5.68. The highest BCUT2D eigenvalue weighted by Gasteiger charge is 2.27. The SMILES string of the molecule is Cc1c(N2CCc3ncc(C4CC4)cc3C2)nc2nn(C)c(=O)n2c1C. The van der Waals surface area contributed by atoms with Crippen LogP contribution in [0.25, 0.3) is 5.78 Å². The molecule has 134 valence electrons. The van der Waals surface area contributed by atoms with Crippen molar-refractivity contribution in [3.63, 3.8) is 0 Å². The zero-order chi connectivity index (χ0) is 18.0. The van der Waals surface area contributed by atoms with Gasteiger partial charge in [-0.25, -0.2) is 13.9 Å². The van der Waals surface area contributed by atoms with Gasteiger partial charge >= 0.3 is 5.69 Å². The highest BCUT2D eigenvalue weighted by Crippen LogP contribution is 2.40. The summed E-state index contributed by atoms with van der Waals surface area (Å²) in [6.07, 6.45) is 5.55. The second-order valence-electron chi connectivity index (χ2n) is 7.51. The zero-order valence-electron chi connectivity index (χ0n) is 15.4. The molecule has 5 rings (SSSR count). The first-order chi connectivity index (χ1) is 12.5. The van der Waals surface area contributed by atoms with Crippen molar-refractivity contribution in [2.24, 2.45) is 7.05 Å². The number of pyridine rings is 1. The monoisotopic (exact) mass is 350 g/mol. The molecule has 0 spiro atoms. The molecule has 3 aromatic rings. The topological polar surface area (TPSA) is 68.3 Å². The van der Waals surface area contributed by atoms with Gasteiger partial charge in [0.2, 0.25) is 0 Å². The molecule has 4 heterocycles. The lowest BCUT2D eigenvalue weighted by Crippen LogP contribution is -2.33. The molecule has 7 heteroatoms. The van der Waals surface area contributed by atoms with Gasteiger partial charge < -0.3 is 4.90 Å². The maximum absolute atomic E-state index is 12.3. The molecule has 26 heavy (non-hydrogen) atoms. The van der Waals surface area contributed by atoms with Crippen molar-refractivity contribution in [1.29, 1.82) is 0 Å². The maximum atomic E-state index is 12.3. The molecule has 0 aromatic carbocycles. The number of fused-ring (bicyclic) bond motifs is 2. The van der Waals surface area contributed by atoms with E-state index in [1.54, 1.807) is 11.4 Å². The predicted octanol–water partition coefficient (Wildman–Crippen LogP) is 1.88. The van der Waals surface area contributed by atoms with E-state index in [2.05, 4.69) is 22.3 Å². The van der Waals surface area contributed by atoms with Crippen LogP contribution >= 0.6 is 0 Å². The van der Waals surface area contributed by atoms with Crippen molar-refractivity contribution >= 4 is 11.6 Å². The number of aryl methyl sites for hydroxylation is 2. The van der Waals surface area contributed by atoms with Crippen LogP contribution < -0.4 is 10.6 Å². The molecule has 0 unspecified atom stereocenters.